The highest BCUT2D eigenvalue weighted by atomic mass is 16.4. The molecule has 3 amide bonds. The Labute approximate surface area is 126 Å². The van der Waals surface area contributed by atoms with E-state index in [0.29, 0.717) is 5.92 Å². The molecule has 21 heavy (non-hydrogen) atoms. The number of carbonyl (C=O) groups excluding carboxylic acids is 2. The predicted molar refractivity (Wildman–Crippen MR) is 80.9 cm³/mol. The van der Waals surface area contributed by atoms with Gasteiger partial charge in [0.05, 0.1) is 6.42 Å². The molecule has 6 heteroatoms. The molecule has 0 heterocycles. The van der Waals surface area contributed by atoms with E-state index in [-0.39, 0.29) is 18.9 Å². The van der Waals surface area contributed by atoms with E-state index in [2.05, 4.69) is 24.5 Å². The number of aliphatic carboxylic acids is 1. The van der Waals surface area contributed by atoms with Gasteiger partial charge in [-0.25, -0.2) is 4.79 Å². The number of imide groups is 1. The maximum Gasteiger partial charge on any atom is 0.321 e. The third-order valence-electron chi connectivity index (χ3n) is 3.35. The zero-order valence-electron chi connectivity index (χ0n) is 13.7. The first-order chi connectivity index (χ1) is 9.55. The summed E-state index contributed by atoms with van der Waals surface area (Å²) in [5, 5.41) is 13.7. The van der Waals surface area contributed by atoms with Gasteiger partial charge in [0, 0.05) is 12.5 Å². The SMILES string of the molecule is CCC(C)CC(C)NC(=O)NC(=O)CC(C)(C)CC(=O)O. The highest BCUT2D eigenvalue weighted by molar-refractivity contribution is 5.94. The van der Waals surface area contributed by atoms with E-state index in [1.165, 1.54) is 0 Å². The molecule has 0 aromatic rings. The second-order valence-corrected chi connectivity index (χ2v) is 6.58. The van der Waals surface area contributed by atoms with E-state index in [1.807, 2.05) is 6.92 Å². The standard InChI is InChI=1S/C15H28N2O4/c1-6-10(2)7-11(3)16-14(21)17-12(18)8-15(4,5)9-13(19)20/h10-11H,6-9H2,1-5H3,(H,19,20)(H2,16,17,18,21). The molecule has 0 saturated carbocycles. The number of rotatable bonds is 8. The summed E-state index contributed by atoms with van der Waals surface area (Å²) < 4.78 is 0. The van der Waals surface area contributed by atoms with Crippen molar-refractivity contribution in [3.05, 3.63) is 0 Å². The van der Waals surface area contributed by atoms with Gasteiger partial charge in [-0.2, -0.15) is 0 Å². The number of carboxylic acids is 1. The molecule has 0 aliphatic rings. The van der Waals surface area contributed by atoms with E-state index in [0.717, 1.165) is 12.8 Å². The van der Waals surface area contributed by atoms with Gasteiger partial charge < -0.3 is 10.4 Å². The van der Waals surface area contributed by atoms with Crippen molar-refractivity contribution in [1.29, 1.82) is 0 Å². The zero-order chi connectivity index (χ0) is 16.6. The van der Waals surface area contributed by atoms with Gasteiger partial charge in [-0.15, -0.1) is 0 Å². The summed E-state index contributed by atoms with van der Waals surface area (Å²) in [7, 11) is 0. The Balaban J connectivity index is 4.21. The van der Waals surface area contributed by atoms with Gasteiger partial charge in [0.25, 0.3) is 0 Å². The van der Waals surface area contributed by atoms with Crippen LogP contribution < -0.4 is 10.6 Å². The van der Waals surface area contributed by atoms with Gasteiger partial charge >= 0.3 is 12.0 Å². The third-order valence-corrected chi connectivity index (χ3v) is 3.35. The number of urea groups is 1. The lowest BCUT2D eigenvalue weighted by Crippen LogP contribution is -2.45. The van der Waals surface area contributed by atoms with Crippen LogP contribution in [0.25, 0.3) is 0 Å². The number of amides is 3. The van der Waals surface area contributed by atoms with Crippen LogP contribution in [0.1, 0.15) is 60.3 Å². The normalized spacial score (nSPS) is 14.1. The molecule has 0 aromatic carbocycles. The van der Waals surface area contributed by atoms with Crippen LogP contribution in [0.2, 0.25) is 0 Å². The van der Waals surface area contributed by atoms with E-state index < -0.39 is 23.3 Å². The maximum absolute atomic E-state index is 11.7. The molecule has 0 radical (unpaired) electrons. The average molecular weight is 300 g/mol. The molecule has 0 bridgehead atoms. The Bertz CT molecular complexity index is 380. The molecule has 0 aliphatic heterocycles. The Kier molecular flexibility index (Phi) is 7.99. The minimum atomic E-state index is -0.959. The fourth-order valence-electron chi connectivity index (χ4n) is 2.17. The van der Waals surface area contributed by atoms with Crippen molar-refractivity contribution >= 4 is 17.9 Å². The van der Waals surface area contributed by atoms with E-state index in [4.69, 9.17) is 5.11 Å². The third kappa shape index (κ3) is 9.87. The monoisotopic (exact) mass is 300 g/mol. The molecule has 122 valence electrons. The summed E-state index contributed by atoms with van der Waals surface area (Å²) in [4.78, 5) is 34.1. The second kappa shape index (κ2) is 8.64. The summed E-state index contributed by atoms with van der Waals surface area (Å²) in [6.45, 7) is 9.46. The topological polar surface area (TPSA) is 95.5 Å². The van der Waals surface area contributed by atoms with Crippen LogP contribution >= 0.6 is 0 Å². The lowest BCUT2D eigenvalue weighted by atomic mass is 9.85. The molecular weight excluding hydrogens is 272 g/mol. The van der Waals surface area contributed by atoms with Gasteiger partial charge in [-0.1, -0.05) is 34.1 Å². The predicted octanol–water partition coefficient (Wildman–Crippen LogP) is 2.53. The van der Waals surface area contributed by atoms with Gasteiger partial charge in [0.2, 0.25) is 5.91 Å². The molecule has 2 atom stereocenters. The van der Waals surface area contributed by atoms with Crippen molar-refractivity contribution in [2.75, 3.05) is 0 Å². The van der Waals surface area contributed by atoms with Gasteiger partial charge in [0.1, 0.15) is 0 Å². The number of carboxylic acid groups (broad SMARTS) is 1. The summed E-state index contributed by atoms with van der Waals surface area (Å²) >= 11 is 0. The molecule has 0 rings (SSSR count). The molecule has 2 unspecified atom stereocenters. The highest BCUT2D eigenvalue weighted by Crippen LogP contribution is 2.24. The van der Waals surface area contributed by atoms with Crippen molar-refractivity contribution in [3.8, 4) is 0 Å². The highest BCUT2D eigenvalue weighted by Gasteiger charge is 2.26. The van der Waals surface area contributed by atoms with Gasteiger partial charge in [-0.3, -0.25) is 14.9 Å². The van der Waals surface area contributed by atoms with Crippen LogP contribution in [0.15, 0.2) is 0 Å². The van der Waals surface area contributed by atoms with Crippen LogP contribution in [-0.2, 0) is 9.59 Å². The number of hydrogen-bond donors (Lipinski definition) is 3. The molecule has 0 saturated heterocycles. The molecule has 0 aliphatic carbocycles. The molecular formula is C15H28N2O4. The minimum Gasteiger partial charge on any atom is -0.481 e. The second-order valence-electron chi connectivity index (χ2n) is 6.58. The lowest BCUT2D eigenvalue weighted by Gasteiger charge is -2.22. The average Bonchev–Trinajstić information content (AvgIpc) is 2.24. The molecule has 3 N–H and O–H groups in total. The maximum atomic E-state index is 11.7. The summed E-state index contributed by atoms with van der Waals surface area (Å²) in [5.74, 6) is -0.917. The Morgan fingerprint density at radius 3 is 2.19 bits per heavy atom. The Hall–Kier alpha value is -1.59. The van der Waals surface area contributed by atoms with Crippen LogP contribution in [0.5, 0.6) is 0 Å². The molecule has 0 spiro atoms. The fourth-order valence-corrected chi connectivity index (χ4v) is 2.17. The zero-order valence-corrected chi connectivity index (χ0v) is 13.7. The van der Waals surface area contributed by atoms with E-state index in [9.17, 15) is 14.4 Å². The molecule has 6 nitrogen and oxygen atoms in total. The lowest BCUT2D eigenvalue weighted by molar-refractivity contribution is -0.139. The molecule has 0 aromatic heterocycles. The summed E-state index contributed by atoms with van der Waals surface area (Å²) in [6.07, 6.45) is 1.76. The minimum absolute atomic E-state index is 0.00748. The van der Waals surface area contributed by atoms with Crippen LogP contribution in [0, 0.1) is 11.3 Å². The van der Waals surface area contributed by atoms with Crippen LogP contribution in [0.4, 0.5) is 4.79 Å². The number of nitrogens with one attached hydrogen (secondary N) is 2. The van der Waals surface area contributed by atoms with Gasteiger partial charge in [0.15, 0.2) is 0 Å². The smallest absolute Gasteiger partial charge is 0.321 e. The van der Waals surface area contributed by atoms with E-state index >= 15 is 0 Å². The first kappa shape index (κ1) is 19.4. The van der Waals surface area contributed by atoms with Gasteiger partial charge in [-0.05, 0) is 24.7 Å². The Morgan fingerprint density at radius 2 is 1.71 bits per heavy atom. The summed E-state index contributed by atoms with van der Waals surface area (Å²) in [5.41, 5.74) is -0.682. The largest absolute Gasteiger partial charge is 0.481 e. The summed E-state index contributed by atoms with van der Waals surface area (Å²) in [6, 6.07) is -0.540. The van der Waals surface area contributed by atoms with Crippen molar-refractivity contribution in [2.24, 2.45) is 11.3 Å². The quantitative estimate of drug-likeness (QED) is 0.642. The number of carbonyl (C=O) groups is 3. The van der Waals surface area contributed by atoms with Crippen molar-refractivity contribution in [3.63, 3.8) is 0 Å². The fraction of sp³-hybridized carbons (Fsp3) is 0.800. The van der Waals surface area contributed by atoms with Crippen LogP contribution in [0.3, 0.4) is 0 Å². The van der Waals surface area contributed by atoms with Crippen LogP contribution in [-0.4, -0.2) is 29.1 Å². The van der Waals surface area contributed by atoms with E-state index in [1.54, 1.807) is 13.8 Å². The van der Waals surface area contributed by atoms with Crippen molar-refractivity contribution in [2.45, 2.75) is 66.3 Å². The van der Waals surface area contributed by atoms with Crippen molar-refractivity contribution in [1.82, 2.24) is 10.6 Å². The first-order valence-electron chi connectivity index (χ1n) is 7.38. The first-order valence-corrected chi connectivity index (χ1v) is 7.38. The Morgan fingerprint density at radius 1 is 1.14 bits per heavy atom. The number of hydrogen-bond acceptors (Lipinski definition) is 3. The van der Waals surface area contributed by atoms with Crippen molar-refractivity contribution < 1.29 is 19.5 Å². The molecule has 0 fully saturated rings.